The molecule has 2 aliphatic rings. The first-order valence-corrected chi connectivity index (χ1v) is 12.5. The number of likely N-dealkylation sites (tertiary alicyclic amines) is 1. The van der Waals surface area contributed by atoms with Gasteiger partial charge in [0, 0.05) is 29.2 Å². The van der Waals surface area contributed by atoms with Gasteiger partial charge >= 0.3 is 0 Å². The smallest absolute Gasteiger partial charge is 0.247 e. The number of sulfonamides is 1. The van der Waals surface area contributed by atoms with Crippen LogP contribution in [0, 0.1) is 11.3 Å². The number of rotatable bonds is 6. The first kappa shape index (κ1) is 22.4. The summed E-state index contributed by atoms with van der Waals surface area (Å²) in [5.41, 5.74) is 0.255. The number of benzene rings is 2. The van der Waals surface area contributed by atoms with Gasteiger partial charge in [-0.25, -0.2) is 8.42 Å². The Morgan fingerprint density at radius 2 is 1.74 bits per heavy atom. The van der Waals surface area contributed by atoms with Crippen LogP contribution in [-0.2, 0) is 10.0 Å². The lowest BCUT2D eigenvalue weighted by Gasteiger charge is -2.28. The number of ether oxygens (including phenoxy) is 1. The summed E-state index contributed by atoms with van der Waals surface area (Å²) in [4.78, 5) is 2.31. The lowest BCUT2D eigenvalue weighted by molar-refractivity contribution is 0.257. The van der Waals surface area contributed by atoms with Crippen molar-refractivity contribution in [3.8, 4) is 17.6 Å². The van der Waals surface area contributed by atoms with Crippen LogP contribution in [0.2, 0.25) is 10.0 Å². The minimum atomic E-state index is -3.87. The van der Waals surface area contributed by atoms with Crippen molar-refractivity contribution < 1.29 is 13.2 Å². The van der Waals surface area contributed by atoms with Crippen LogP contribution >= 0.6 is 23.2 Å². The normalized spacial score (nSPS) is 20.1. The molecule has 1 atom stereocenters. The molecule has 4 rings (SSSR count). The summed E-state index contributed by atoms with van der Waals surface area (Å²) in [5, 5.41) is 10.1. The van der Waals surface area contributed by atoms with Gasteiger partial charge in [-0.15, -0.1) is 0 Å². The summed E-state index contributed by atoms with van der Waals surface area (Å²) in [6.45, 7) is 3.22. The molecule has 0 bridgehead atoms. The van der Waals surface area contributed by atoms with Gasteiger partial charge in [0.2, 0.25) is 10.0 Å². The van der Waals surface area contributed by atoms with Gasteiger partial charge in [-0.1, -0.05) is 23.2 Å². The molecule has 0 aromatic heterocycles. The summed E-state index contributed by atoms with van der Waals surface area (Å²) in [5.74, 6) is 0.470. The van der Waals surface area contributed by atoms with Crippen molar-refractivity contribution in [1.29, 1.82) is 5.26 Å². The second-order valence-corrected chi connectivity index (χ2v) is 10.6. The third-order valence-corrected chi connectivity index (χ3v) is 8.12. The molecule has 0 spiro atoms. The largest absolute Gasteiger partial charge is 0.456 e. The van der Waals surface area contributed by atoms with Crippen molar-refractivity contribution in [2.45, 2.75) is 36.6 Å². The Kier molecular flexibility index (Phi) is 6.75. The van der Waals surface area contributed by atoms with Crippen molar-refractivity contribution in [3.63, 3.8) is 0 Å². The molecule has 0 N–H and O–H groups in total. The maximum absolute atomic E-state index is 13.7. The van der Waals surface area contributed by atoms with Gasteiger partial charge in [-0.2, -0.15) is 9.57 Å². The van der Waals surface area contributed by atoms with E-state index in [1.165, 1.54) is 18.2 Å². The molecule has 164 valence electrons. The summed E-state index contributed by atoms with van der Waals surface area (Å²) in [6.07, 6.45) is 3.96. The molecule has 0 unspecified atom stereocenters. The van der Waals surface area contributed by atoms with Gasteiger partial charge in [0.15, 0.2) is 0 Å². The van der Waals surface area contributed by atoms with Crippen LogP contribution in [0.15, 0.2) is 41.3 Å². The van der Waals surface area contributed by atoms with Gasteiger partial charge in [0.05, 0.1) is 11.6 Å². The molecule has 6 nitrogen and oxygen atoms in total. The summed E-state index contributed by atoms with van der Waals surface area (Å²) in [6, 6.07) is 11.1. The zero-order chi connectivity index (χ0) is 22.0. The number of nitrogens with zero attached hydrogens (tertiary/aromatic N) is 3. The van der Waals surface area contributed by atoms with Gasteiger partial charge < -0.3 is 9.64 Å². The van der Waals surface area contributed by atoms with E-state index in [9.17, 15) is 13.7 Å². The molecule has 0 radical (unpaired) electrons. The van der Waals surface area contributed by atoms with Crippen LogP contribution in [0.25, 0.3) is 0 Å². The Hall–Kier alpha value is -1.82. The zero-order valence-corrected chi connectivity index (χ0v) is 19.3. The van der Waals surface area contributed by atoms with E-state index in [1.54, 1.807) is 22.5 Å². The SMILES string of the molecule is N#Cc1ccc(Oc2cc(Cl)cc(Cl)c2)c(S(=O)(=O)N2CCC[C@H]2CN2CCCC2)c1. The lowest BCUT2D eigenvalue weighted by atomic mass is 10.2. The van der Waals surface area contributed by atoms with Crippen LogP contribution in [-0.4, -0.2) is 49.8 Å². The number of halogens is 2. The highest BCUT2D eigenvalue weighted by Crippen LogP contribution is 2.36. The second kappa shape index (κ2) is 9.35. The van der Waals surface area contributed by atoms with E-state index >= 15 is 0 Å². The molecule has 0 aliphatic carbocycles. The van der Waals surface area contributed by atoms with Gasteiger partial charge in [-0.3, -0.25) is 0 Å². The van der Waals surface area contributed by atoms with E-state index in [1.807, 2.05) is 6.07 Å². The highest BCUT2D eigenvalue weighted by atomic mass is 35.5. The second-order valence-electron chi connectivity index (χ2n) is 7.90. The Morgan fingerprint density at radius 1 is 1.03 bits per heavy atom. The van der Waals surface area contributed by atoms with Crippen LogP contribution in [0.4, 0.5) is 0 Å². The molecule has 9 heteroatoms. The van der Waals surface area contributed by atoms with Crippen LogP contribution in [0.3, 0.4) is 0 Å². The molecule has 2 aromatic carbocycles. The monoisotopic (exact) mass is 479 g/mol. The van der Waals surface area contributed by atoms with Crippen LogP contribution in [0.1, 0.15) is 31.2 Å². The summed E-state index contributed by atoms with van der Waals surface area (Å²) >= 11 is 12.1. The predicted octanol–water partition coefficient (Wildman–Crippen LogP) is 4.91. The quantitative estimate of drug-likeness (QED) is 0.588. The first-order valence-electron chi connectivity index (χ1n) is 10.3. The Labute approximate surface area is 193 Å². The molecule has 2 fully saturated rings. The number of hydrogen-bond acceptors (Lipinski definition) is 5. The van der Waals surface area contributed by atoms with Gasteiger partial charge in [0.25, 0.3) is 0 Å². The minimum absolute atomic E-state index is 0.0176. The van der Waals surface area contributed by atoms with Crippen LogP contribution < -0.4 is 4.74 Å². The van der Waals surface area contributed by atoms with Gasteiger partial charge in [0.1, 0.15) is 16.4 Å². The number of hydrogen-bond donors (Lipinski definition) is 0. The molecule has 0 amide bonds. The Morgan fingerprint density at radius 3 is 2.42 bits per heavy atom. The average Bonchev–Trinajstić information content (AvgIpc) is 3.40. The van der Waals surface area contributed by atoms with E-state index in [0.29, 0.717) is 22.3 Å². The van der Waals surface area contributed by atoms with E-state index in [-0.39, 0.29) is 22.3 Å². The third kappa shape index (κ3) is 5.00. The summed E-state index contributed by atoms with van der Waals surface area (Å²) in [7, 11) is -3.87. The van der Waals surface area contributed by atoms with Crippen molar-refractivity contribution in [2.24, 2.45) is 0 Å². The van der Waals surface area contributed by atoms with Gasteiger partial charge in [-0.05, 0) is 75.2 Å². The van der Waals surface area contributed by atoms with Crippen molar-refractivity contribution >= 4 is 33.2 Å². The standard InChI is InChI=1S/C22H23Cl2N3O3S/c23-17-11-18(24)13-20(12-17)30-21-6-5-16(14-25)10-22(21)31(28,29)27-9-3-4-19(27)15-26-7-1-2-8-26/h5-6,10-13,19H,1-4,7-9,15H2/t19-/m0/s1. The van der Waals surface area contributed by atoms with E-state index < -0.39 is 10.0 Å². The molecule has 2 aliphatic heterocycles. The molecule has 31 heavy (non-hydrogen) atoms. The molecular weight excluding hydrogens is 457 g/mol. The fourth-order valence-corrected chi connectivity index (χ4v) is 6.61. The molecule has 2 saturated heterocycles. The Bertz CT molecular complexity index is 1090. The van der Waals surface area contributed by atoms with E-state index in [4.69, 9.17) is 27.9 Å². The van der Waals surface area contributed by atoms with Crippen molar-refractivity contribution in [2.75, 3.05) is 26.2 Å². The van der Waals surface area contributed by atoms with E-state index in [0.717, 1.165) is 45.3 Å². The summed E-state index contributed by atoms with van der Waals surface area (Å²) < 4.78 is 34.9. The maximum Gasteiger partial charge on any atom is 0.247 e. The third-order valence-electron chi connectivity index (χ3n) is 5.71. The topological polar surface area (TPSA) is 73.6 Å². The van der Waals surface area contributed by atoms with Crippen molar-refractivity contribution in [3.05, 3.63) is 52.0 Å². The van der Waals surface area contributed by atoms with Crippen LogP contribution in [0.5, 0.6) is 11.5 Å². The molecule has 2 heterocycles. The number of nitriles is 1. The maximum atomic E-state index is 13.7. The highest BCUT2D eigenvalue weighted by molar-refractivity contribution is 7.89. The lowest BCUT2D eigenvalue weighted by Crippen LogP contribution is -2.42. The zero-order valence-electron chi connectivity index (χ0n) is 16.9. The fraction of sp³-hybridized carbons (Fsp3) is 0.409. The average molecular weight is 480 g/mol. The predicted molar refractivity (Wildman–Crippen MR) is 120 cm³/mol. The van der Waals surface area contributed by atoms with E-state index in [2.05, 4.69) is 4.90 Å². The molecule has 2 aromatic rings. The fourth-order valence-electron chi connectivity index (χ4n) is 4.28. The Balaban J connectivity index is 1.68. The first-order chi connectivity index (χ1) is 14.9. The molecule has 0 saturated carbocycles. The van der Waals surface area contributed by atoms with Crippen molar-refractivity contribution in [1.82, 2.24) is 9.21 Å². The highest BCUT2D eigenvalue weighted by Gasteiger charge is 2.38. The minimum Gasteiger partial charge on any atom is -0.456 e. The molecular formula is C22H23Cl2N3O3S.